The molecule has 2 fully saturated rings. The van der Waals surface area contributed by atoms with E-state index in [4.69, 9.17) is 9.26 Å². The summed E-state index contributed by atoms with van der Waals surface area (Å²) in [5, 5.41) is 14.3. The molecule has 0 radical (unpaired) electrons. The summed E-state index contributed by atoms with van der Waals surface area (Å²) in [6.07, 6.45) is 4.20. The number of fused-ring (bicyclic) bond motifs is 1. The van der Waals surface area contributed by atoms with Crippen LogP contribution in [0.4, 0.5) is 14.5 Å². The SMILES string of the molecule is Cn1cc(C(=O)O)c2ccc(N3CCC(F)(COCc4c(-c5ccccc5F)noc4C4CC4)CC3)cc21. The molecule has 3 heterocycles. The molecule has 2 aliphatic rings. The summed E-state index contributed by atoms with van der Waals surface area (Å²) < 4.78 is 43.5. The Kier molecular flexibility index (Phi) is 6.18. The molecule has 0 unspecified atom stereocenters. The second-order valence-corrected chi connectivity index (χ2v) is 10.4. The summed E-state index contributed by atoms with van der Waals surface area (Å²) >= 11 is 0. The molecule has 38 heavy (non-hydrogen) atoms. The van der Waals surface area contributed by atoms with Gasteiger partial charge in [0.2, 0.25) is 0 Å². The van der Waals surface area contributed by atoms with Crippen molar-refractivity contribution in [3.63, 3.8) is 0 Å². The van der Waals surface area contributed by atoms with E-state index in [0.717, 1.165) is 24.0 Å². The van der Waals surface area contributed by atoms with Gasteiger partial charge in [0.25, 0.3) is 0 Å². The lowest BCUT2D eigenvalue weighted by atomic mass is 9.93. The molecular formula is C29H29F2N3O4. The molecule has 0 bridgehead atoms. The molecule has 1 saturated heterocycles. The van der Waals surface area contributed by atoms with E-state index in [2.05, 4.69) is 10.1 Å². The average molecular weight is 522 g/mol. The Labute approximate surface area is 218 Å². The average Bonchev–Trinajstić information content (AvgIpc) is 3.58. The number of ether oxygens (including phenoxy) is 1. The lowest BCUT2D eigenvalue weighted by Gasteiger charge is -2.37. The molecular weight excluding hydrogens is 492 g/mol. The van der Waals surface area contributed by atoms with Gasteiger partial charge in [0.15, 0.2) is 0 Å². The molecule has 0 atom stereocenters. The predicted octanol–water partition coefficient (Wildman–Crippen LogP) is 6.07. The zero-order valence-electron chi connectivity index (χ0n) is 21.1. The monoisotopic (exact) mass is 521 g/mol. The standard InChI is InChI=1S/C29H29F2N3O4/c1-33-15-22(28(35)36)20-9-8-19(14-25(20)33)34-12-10-29(31,11-13-34)17-37-16-23-26(21-4-2-3-5-24(21)30)32-38-27(23)18-6-7-18/h2-5,8-9,14-15,18H,6-7,10-13,16-17H2,1H3,(H,35,36). The van der Waals surface area contributed by atoms with Gasteiger partial charge >= 0.3 is 5.97 Å². The number of aromatic carboxylic acids is 1. The van der Waals surface area contributed by atoms with Gasteiger partial charge in [-0.05, 0) is 43.2 Å². The van der Waals surface area contributed by atoms with E-state index in [1.54, 1.807) is 29.0 Å². The molecule has 1 aliphatic carbocycles. The number of aromatic nitrogens is 2. The van der Waals surface area contributed by atoms with Crippen molar-refractivity contribution in [2.75, 3.05) is 24.6 Å². The number of nitrogens with zero attached hydrogens (tertiary/aromatic N) is 3. The highest BCUT2D eigenvalue weighted by molar-refractivity contribution is 6.04. The molecule has 0 spiro atoms. The number of alkyl halides is 1. The second kappa shape index (κ2) is 9.54. The largest absolute Gasteiger partial charge is 0.478 e. The van der Waals surface area contributed by atoms with E-state index < -0.39 is 11.6 Å². The van der Waals surface area contributed by atoms with E-state index in [9.17, 15) is 14.3 Å². The van der Waals surface area contributed by atoms with Crippen LogP contribution in [0.2, 0.25) is 0 Å². The van der Waals surface area contributed by atoms with Gasteiger partial charge in [-0.25, -0.2) is 13.6 Å². The summed E-state index contributed by atoms with van der Waals surface area (Å²) in [7, 11) is 1.82. The number of hydrogen-bond acceptors (Lipinski definition) is 5. The van der Waals surface area contributed by atoms with Crippen molar-refractivity contribution in [1.29, 1.82) is 0 Å². The topological polar surface area (TPSA) is 80.7 Å². The van der Waals surface area contributed by atoms with Gasteiger partial charge in [0, 0.05) is 67.3 Å². The minimum absolute atomic E-state index is 0.0638. The first-order valence-electron chi connectivity index (χ1n) is 12.9. The minimum Gasteiger partial charge on any atom is -0.478 e. The smallest absolute Gasteiger partial charge is 0.337 e. The Hall–Kier alpha value is -3.72. The Morgan fingerprint density at radius 1 is 1.21 bits per heavy atom. The van der Waals surface area contributed by atoms with Crippen LogP contribution in [-0.2, 0) is 18.4 Å². The van der Waals surface area contributed by atoms with Crippen LogP contribution in [0.3, 0.4) is 0 Å². The van der Waals surface area contributed by atoms with E-state index in [0.29, 0.717) is 53.9 Å². The second-order valence-electron chi connectivity index (χ2n) is 10.4. The maximum Gasteiger partial charge on any atom is 0.337 e. The third-order valence-corrected chi connectivity index (χ3v) is 7.73. The van der Waals surface area contributed by atoms with Crippen LogP contribution in [0.15, 0.2) is 53.2 Å². The van der Waals surface area contributed by atoms with Gasteiger partial charge in [-0.3, -0.25) is 0 Å². The molecule has 1 saturated carbocycles. The molecule has 2 aromatic carbocycles. The highest BCUT2D eigenvalue weighted by atomic mass is 19.1. The van der Waals surface area contributed by atoms with Crippen molar-refractivity contribution in [3.05, 3.63) is 71.4 Å². The van der Waals surface area contributed by atoms with Gasteiger partial charge in [-0.2, -0.15) is 0 Å². The molecule has 0 amide bonds. The summed E-state index contributed by atoms with van der Waals surface area (Å²) in [4.78, 5) is 13.6. The van der Waals surface area contributed by atoms with Gasteiger partial charge in [0.05, 0.1) is 24.3 Å². The number of rotatable bonds is 8. The van der Waals surface area contributed by atoms with E-state index in [1.807, 2.05) is 25.2 Å². The van der Waals surface area contributed by atoms with Gasteiger partial charge < -0.3 is 23.8 Å². The highest BCUT2D eigenvalue weighted by Gasteiger charge is 2.37. The number of halogens is 2. The highest BCUT2D eigenvalue weighted by Crippen LogP contribution is 2.44. The van der Waals surface area contributed by atoms with Crippen molar-refractivity contribution in [2.24, 2.45) is 7.05 Å². The van der Waals surface area contributed by atoms with E-state index >= 15 is 4.39 Å². The molecule has 1 aliphatic heterocycles. The van der Waals surface area contributed by atoms with Gasteiger partial charge in [-0.15, -0.1) is 0 Å². The Morgan fingerprint density at radius 2 is 1.97 bits per heavy atom. The molecule has 198 valence electrons. The number of anilines is 1. The minimum atomic E-state index is -1.48. The Morgan fingerprint density at radius 3 is 2.68 bits per heavy atom. The van der Waals surface area contributed by atoms with Crippen LogP contribution in [0, 0.1) is 5.82 Å². The molecule has 9 heteroatoms. The number of aryl methyl sites for hydroxylation is 1. The first-order chi connectivity index (χ1) is 18.3. The van der Waals surface area contributed by atoms with Crippen molar-refractivity contribution < 1.29 is 27.9 Å². The van der Waals surface area contributed by atoms with Crippen molar-refractivity contribution in [3.8, 4) is 11.3 Å². The number of carboxylic acids is 1. The van der Waals surface area contributed by atoms with Crippen LogP contribution in [0.25, 0.3) is 22.2 Å². The summed E-state index contributed by atoms with van der Waals surface area (Å²) in [5.41, 5.74) is 2.04. The zero-order chi connectivity index (χ0) is 26.4. The molecule has 2 aromatic heterocycles. The van der Waals surface area contributed by atoms with E-state index in [1.165, 1.54) is 6.07 Å². The summed E-state index contributed by atoms with van der Waals surface area (Å²) in [5.74, 6) is -0.364. The van der Waals surface area contributed by atoms with Crippen LogP contribution >= 0.6 is 0 Å². The quantitative estimate of drug-likeness (QED) is 0.303. The summed E-state index contributed by atoms with van der Waals surface area (Å²) in [6.45, 7) is 1.08. The van der Waals surface area contributed by atoms with Crippen molar-refractivity contribution in [2.45, 2.75) is 43.9 Å². The molecule has 7 nitrogen and oxygen atoms in total. The molecule has 4 aromatic rings. The van der Waals surface area contributed by atoms with Gasteiger partial charge in [0.1, 0.15) is 22.9 Å². The maximum absolute atomic E-state index is 15.7. The number of benzene rings is 2. The molecule has 6 rings (SSSR count). The third kappa shape index (κ3) is 4.55. The first kappa shape index (κ1) is 24.6. The fourth-order valence-electron chi connectivity index (χ4n) is 5.38. The van der Waals surface area contributed by atoms with E-state index in [-0.39, 0.29) is 30.5 Å². The van der Waals surface area contributed by atoms with Gasteiger partial charge in [-0.1, -0.05) is 17.3 Å². The predicted molar refractivity (Wildman–Crippen MR) is 139 cm³/mol. The number of piperidine rings is 1. The lowest BCUT2D eigenvalue weighted by molar-refractivity contribution is -0.00757. The van der Waals surface area contributed by atoms with Crippen molar-refractivity contribution in [1.82, 2.24) is 9.72 Å². The summed E-state index contributed by atoms with van der Waals surface area (Å²) in [6, 6.07) is 12.1. The lowest BCUT2D eigenvalue weighted by Crippen LogP contribution is -2.44. The Bertz CT molecular complexity index is 1500. The first-order valence-corrected chi connectivity index (χ1v) is 12.9. The number of hydrogen-bond donors (Lipinski definition) is 1. The Balaban J connectivity index is 1.11. The maximum atomic E-state index is 15.7. The normalized spacial score (nSPS) is 17.3. The third-order valence-electron chi connectivity index (χ3n) is 7.73. The fraction of sp³-hybridized carbons (Fsp3) is 0.379. The van der Waals surface area contributed by atoms with Crippen LogP contribution in [-0.4, -0.2) is 46.2 Å². The number of carboxylic acid groups (broad SMARTS) is 1. The fourth-order valence-corrected chi connectivity index (χ4v) is 5.38. The van der Waals surface area contributed by atoms with Crippen LogP contribution in [0.1, 0.15) is 53.3 Å². The van der Waals surface area contributed by atoms with Crippen LogP contribution < -0.4 is 4.90 Å². The number of carbonyl (C=O) groups is 1. The zero-order valence-corrected chi connectivity index (χ0v) is 21.1. The van der Waals surface area contributed by atoms with Crippen LogP contribution in [0.5, 0.6) is 0 Å². The molecule has 1 N–H and O–H groups in total. The van der Waals surface area contributed by atoms with Crippen molar-refractivity contribution >= 4 is 22.6 Å².